The third-order valence-electron chi connectivity index (χ3n) is 2.27. The number of carboxylic acid groups (broad SMARTS) is 1. The molecule has 0 fully saturated rings. The Morgan fingerprint density at radius 1 is 1.47 bits per heavy atom. The van der Waals surface area contributed by atoms with Gasteiger partial charge in [-0.3, -0.25) is 5.10 Å². The number of ether oxygens (including phenoxy) is 1. The number of aromatic nitrogens is 2. The summed E-state index contributed by atoms with van der Waals surface area (Å²) in [4.78, 5) is 10.2. The number of fused-ring (bicyclic) bond motifs is 1. The first-order chi connectivity index (χ1) is 8.27. The number of benzene rings is 1. The summed E-state index contributed by atoms with van der Waals surface area (Å²) >= 11 is 0. The molecule has 0 aliphatic carbocycles. The third-order valence-corrected chi connectivity index (χ3v) is 2.27. The fourth-order valence-corrected chi connectivity index (χ4v) is 1.48. The Morgan fingerprint density at radius 3 is 3.12 bits per heavy atom. The van der Waals surface area contributed by atoms with Crippen molar-refractivity contribution in [2.24, 2.45) is 0 Å². The van der Waals surface area contributed by atoms with Crippen molar-refractivity contribution in [3.63, 3.8) is 0 Å². The van der Waals surface area contributed by atoms with E-state index >= 15 is 0 Å². The molecule has 3 N–H and O–H groups in total. The molecule has 0 saturated heterocycles. The van der Waals surface area contributed by atoms with Gasteiger partial charge >= 0.3 is 6.09 Å². The van der Waals surface area contributed by atoms with Crippen LogP contribution in [0.25, 0.3) is 10.9 Å². The van der Waals surface area contributed by atoms with Crippen molar-refractivity contribution in [1.29, 1.82) is 0 Å². The van der Waals surface area contributed by atoms with Gasteiger partial charge in [0.25, 0.3) is 0 Å². The number of hydrogen-bond donors (Lipinski definition) is 3. The quantitative estimate of drug-likeness (QED) is 0.687. The van der Waals surface area contributed by atoms with Gasteiger partial charge in [0.15, 0.2) is 0 Å². The molecular weight excluding hydrogens is 222 g/mol. The Hall–Kier alpha value is -2.24. The van der Waals surface area contributed by atoms with Gasteiger partial charge in [-0.05, 0) is 18.6 Å². The first-order valence-electron chi connectivity index (χ1n) is 5.30. The predicted molar refractivity (Wildman–Crippen MR) is 62.2 cm³/mol. The molecule has 0 aliphatic rings. The molecule has 0 bridgehead atoms. The van der Waals surface area contributed by atoms with Gasteiger partial charge in [0, 0.05) is 6.54 Å². The lowest BCUT2D eigenvalue weighted by molar-refractivity contribution is 0.193. The summed E-state index contributed by atoms with van der Waals surface area (Å²) in [5, 5.41) is 18.5. The minimum absolute atomic E-state index is 0.373. The van der Waals surface area contributed by atoms with Gasteiger partial charge in [0.2, 0.25) is 5.88 Å². The second-order valence-electron chi connectivity index (χ2n) is 3.51. The fourth-order valence-electron chi connectivity index (χ4n) is 1.48. The first kappa shape index (κ1) is 11.3. The molecular formula is C11H13N3O3. The molecule has 1 amide bonds. The standard InChI is InChI=1S/C11H13N3O3/c15-11(16)12-6-3-7-17-10-8-4-1-2-5-9(8)13-14-10/h1-2,4-5,12H,3,6-7H2,(H,13,14)(H,15,16). The molecule has 1 aromatic heterocycles. The Morgan fingerprint density at radius 2 is 2.29 bits per heavy atom. The van der Waals surface area contributed by atoms with Crippen LogP contribution < -0.4 is 10.1 Å². The van der Waals surface area contributed by atoms with E-state index in [-0.39, 0.29) is 0 Å². The molecule has 0 saturated carbocycles. The van der Waals surface area contributed by atoms with Crippen molar-refractivity contribution in [1.82, 2.24) is 15.5 Å². The summed E-state index contributed by atoms with van der Waals surface area (Å²) in [6.45, 7) is 0.798. The normalized spacial score (nSPS) is 10.4. The highest BCUT2D eigenvalue weighted by atomic mass is 16.5. The first-order valence-corrected chi connectivity index (χ1v) is 5.30. The van der Waals surface area contributed by atoms with Crippen molar-refractivity contribution < 1.29 is 14.6 Å². The third kappa shape index (κ3) is 2.87. The highest BCUT2D eigenvalue weighted by molar-refractivity contribution is 5.83. The average Bonchev–Trinajstić information content (AvgIpc) is 2.72. The van der Waals surface area contributed by atoms with E-state index in [0.717, 1.165) is 10.9 Å². The number of para-hydroxylation sites is 1. The van der Waals surface area contributed by atoms with Crippen LogP contribution in [0, 0.1) is 0 Å². The van der Waals surface area contributed by atoms with Gasteiger partial charge in [-0.1, -0.05) is 12.1 Å². The molecule has 0 atom stereocenters. The number of amides is 1. The number of carbonyl (C=O) groups is 1. The van der Waals surface area contributed by atoms with Crippen LogP contribution in [0.15, 0.2) is 24.3 Å². The molecule has 2 rings (SSSR count). The second-order valence-corrected chi connectivity index (χ2v) is 3.51. The van der Waals surface area contributed by atoms with Crippen LogP contribution in [0.3, 0.4) is 0 Å². The van der Waals surface area contributed by atoms with Crippen LogP contribution in [0.1, 0.15) is 6.42 Å². The summed E-state index contributed by atoms with van der Waals surface area (Å²) < 4.78 is 5.47. The molecule has 17 heavy (non-hydrogen) atoms. The number of nitrogens with one attached hydrogen (secondary N) is 2. The van der Waals surface area contributed by atoms with Crippen LogP contribution in [-0.4, -0.2) is 34.5 Å². The van der Waals surface area contributed by atoms with Gasteiger partial charge < -0.3 is 15.2 Å². The van der Waals surface area contributed by atoms with E-state index in [9.17, 15) is 4.79 Å². The second kappa shape index (κ2) is 5.20. The van der Waals surface area contributed by atoms with Crippen molar-refractivity contribution >= 4 is 17.0 Å². The topological polar surface area (TPSA) is 87.2 Å². The van der Waals surface area contributed by atoms with E-state index in [4.69, 9.17) is 9.84 Å². The average molecular weight is 235 g/mol. The molecule has 0 aliphatic heterocycles. The largest absolute Gasteiger partial charge is 0.476 e. The molecule has 2 aromatic rings. The monoisotopic (exact) mass is 235 g/mol. The zero-order valence-electron chi connectivity index (χ0n) is 9.14. The maximum atomic E-state index is 10.2. The van der Waals surface area contributed by atoms with E-state index in [1.54, 1.807) is 0 Å². The Bertz CT molecular complexity index is 509. The summed E-state index contributed by atoms with van der Waals surface area (Å²) in [5.74, 6) is 0.552. The Labute approximate surface area is 97.6 Å². The van der Waals surface area contributed by atoms with E-state index in [2.05, 4.69) is 15.5 Å². The Balaban J connectivity index is 1.85. The molecule has 1 heterocycles. The maximum Gasteiger partial charge on any atom is 0.404 e. The van der Waals surface area contributed by atoms with Gasteiger partial charge in [-0.15, -0.1) is 5.10 Å². The summed E-state index contributed by atoms with van der Waals surface area (Å²) in [7, 11) is 0. The molecule has 0 spiro atoms. The fraction of sp³-hybridized carbons (Fsp3) is 0.273. The number of H-pyrrole nitrogens is 1. The lowest BCUT2D eigenvalue weighted by Gasteiger charge is -2.03. The van der Waals surface area contributed by atoms with Crippen LogP contribution in [0.4, 0.5) is 4.79 Å². The van der Waals surface area contributed by atoms with Gasteiger partial charge in [0.1, 0.15) is 0 Å². The summed E-state index contributed by atoms with van der Waals surface area (Å²) in [5.41, 5.74) is 0.922. The number of nitrogens with zero attached hydrogens (tertiary/aromatic N) is 1. The smallest absolute Gasteiger partial charge is 0.404 e. The van der Waals surface area contributed by atoms with Crippen LogP contribution >= 0.6 is 0 Å². The minimum Gasteiger partial charge on any atom is -0.476 e. The summed E-state index contributed by atoms with van der Waals surface area (Å²) in [6, 6.07) is 7.67. The minimum atomic E-state index is -1.02. The van der Waals surface area contributed by atoms with Gasteiger partial charge in [-0.2, -0.15) is 0 Å². The van der Waals surface area contributed by atoms with Crippen molar-refractivity contribution in [2.45, 2.75) is 6.42 Å². The predicted octanol–water partition coefficient (Wildman–Crippen LogP) is 1.60. The number of aromatic amines is 1. The van der Waals surface area contributed by atoms with Crippen molar-refractivity contribution in [2.75, 3.05) is 13.2 Å². The van der Waals surface area contributed by atoms with E-state index in [1.807, 2.05) is 24.3 Å². The zero-order valence-corrected chi connectivity index (χ0v) is 9.14. The Kier molecular flexibility index (Phi) is 3.44. The van der Waals surface area contributed by atoms with Crippen molar-refractivity contribution in [3.8, 4) is 5.88 Å². The molecule has 6 nitrogen and oxygen atoms in total. The highest BCUT2D eigenvalue weighted by Crippen LogP contribution is 2.21. The molecule has 0 radical (unpaired) electrons. The lowest BCUT2D eigenvalue weighted by Crippen LogP contribution is -2.23. The van der Waals surface area contributed by atoms with E-state index in [0.29, 0.717) is 25.5 Å². The SMILES string of the molecule is O=C(O)NCCCOc1n[nH]c2ccccc12. The van der Waals surface area contributed by atoms with E-state index < -0.39 is 6.09 Å². The van der Waals surface area contributed by atoms with Crippen LogP contribution in [-0.2, 0) is 0 Å². The highest BCUT2D eigenvalue weighted by Gasteiger charge is 2.05. The number of rotatable bonds is 5. The summed E-state index contributed by atoms with van der Waals surface area (Å²) in [6.07, 6.45) is -0.414. The molecule has 0 unspecified atom stereocenters. The van der Waals surface area contributed by atoms with Crippen LogP contribution in [0.2, 0.25) is 0 Å². The molecule has 90 valence electrons. The van der Waals surface area contributed by atoms with Gasteiger partial charge in [-0.25, -0.2) is 4.79 Å². The zero-order chi connectivity index (χ0) is 12.1. The lowest BCUT2D eigenvalue weighted by atomic mass is 10.2. The molecule has 1 aromatic carbocycles. The van der Waals surface area contributed by atoms with Crippen LogP contribution in [0.5, 0.6) is 5.88 Å². The number of hydrogen-bond acceptors (Lipinski definition) is 3. The van der Waals surface area contributed by atoms with Gasteiger partial charge in [0.05, 0.1) is 17.5 Å². The van der Waals surface area contributed by atoms with Crippen molar-refractivity contribution in [3.05, 3.63) is 24.3 Å². The molecule has 6 heteroatoms. The maximum absolute atomic E-state index is 10.2. The van der Waals surface area contributed by atoms with E-state index in [1.165, 1.54) is 0 Å².